The van der Waals surface area contributed by atoms with E-state index in [1.165, 1.54) is 57.3 Å². The van der Waals surface area contributed by atoms with Gasteiger partial charge in [-0.1, -0.05) is 76.0 Å². The zero-order valence-corrected chi connectivity index (χ0v) is 18.0. The fraction of sp³-hybridized carbons (Fsp3) is 0.522. The lowest BCUT2D eigenvalue weighted by Crippen LogP contribution is -2.11. The molecular weight excluding hydrogens is 370 g/mol. The first-order valence-corrected chi connectivity index (χ1v) is 11.9. The maximum Gasteiger partial charge on any atom is 0.267 e. The molecule has 0 aliphatic rings. The van der Waals surface area contributed by atoms with E-state index in [0.717, 1.165) is 22.4 Å². The Balaban J connectivity index is 1.78. The van der Waals surface area contributed by atoms with Crippen molar-refractivity contribution < 1.29 is 13.2 Å². The van der Waals surface area contributed by atoms with Gasteiger partial charge in [0, 0.05) is 24.4 Å². The topological polar surface area (TPSA) is 56.1 Å². The number of Topliss-reactive ketones (excluding diaryl/α,β-unsaturated/α-hetero) is 1. The number of carbonyl (C=O) groups is 1. The van der Waals surface area contributed by atoms with E-state index in [4.69, 9.17) is 0 Å². The quantitative estimate of drug-likeness (QED) is 0.298. The second-order valence-electron chi connectivity index (χ2n) is 7.55. The molecule has 2 rings (SSSR count). The van der Waals surface area contributed by atoms with E-state index in [-0.39, 0.29) is 10.7 Å². The van der Waals surface area contributed by atoms with Gasteiger partial charge in [0.1, 0.15) is 0 Å². The third kappa shape index (κ3) is 6.62. The van der Waals surface area contributed by atoms with E-state index >= 15 is 0 Å². The number of rotatable bonds is 13. The van der Waals surface area contributed by atoms with Crippen molar-refractivity contribution in [3.63, 3.8) is 0 Å². The number of aromatic nitrogens is 1. The van der Waals surface area contributed by atoms with Crippen molar-refractivity contribution >= 4 is 15.8 Å². The number of carbonyl (C=O) groups excluding carboxylic acids is 1. The predicted octanol–water partition coefficient (Wildman–Crippen LogP) is 6.14. The maximum atomic E-state index is 12.7. The Morgan fingerprint density at radius 3 is 2.04 bits per heavy atom. The summed E-state index contributed by atoms with van der Waals surface area (Å²) in [6.45, 7) is 4.14. The minimum Gasteiger partial charge on any atom is -0.294 e. The Morgan fingerprint density at radius 1 is 0.857 bits per heavy atom. The Labute approximate surface area is 170 Å². The Hall–Kier alpha value is -1.88. The van der Waals surface area contributed by atoms with Crippen molar-refractivity contribution in [2.75, 3.05) is 0 Å². The van der Waals surface area contributed by atoms with Crippen LogP contribution in [0.5, 0.6) is 0 Å². The summed E-state index contributed by atoms with van der Waals surface area (Å²) in [6, 6.07) is 8.32. The summed E-state index contributed by atoms with van der Waals surface area (Å²) in [4.78, 5) is 12.6. The number of benzene rings is 1. The van der Waals surface area contributed by atoms with Crippen LogP contribution in [0.15, 0.2) is 47.6 Å². The van der Waals surface area contributed by atoms with Crippen LogP contribution in [0.1, 0.15) is 87.1 Å². The first-order valence-electron chi connectivity index (χ1n) is 10.5. The lowest BCUT2D eigenvalue weighted by atomic mass is 10.0. The van der Waals surface area contributed by atoms with Gasteiger partial charge in [0.25, 0.3) is 10.0 Å². The van der Waals surface area contributed by atoms with E-state index in [1.54, 1.807) is 30.3 Å². The van der Waals surface area contributed by atoms with Crippen molar-refractivity contribution in [3.05, 3.63) is 53.9 Å². The SMILES string of the molecule is CCCCCCCCCCCC(=O)c1ccn(S(=O)(=O)c2ccc(C)cc2)c1. The molecule has 0 atom stereocenters. The van der Waals surface area contributed by atoms with Crippen LogP contribution in [0.4, 0.5) is 0 Å². The van der Waals surface area contributed by atoms with Crippen molar-refractivity contribution in [2.45, 2.75) is 83.0 Å². The summed E-state index contributed by atoms with van der Waals surface area (Å²) in [5.41, 5.74) is 1.47. The first kappa shape index (κ1) is 22.4. The molecule has 28 heavy (non-hydrogen) atoms. The lowest BCUT2D eigenvalue weighted by molar-refractivity contribution is 0.0979. The van der Waals surface area contributed by atoms with Crippen LogP contribution in [0, 0.1) is 6.92 Å². The molecule has 0 radical (unpaired) electrons. The van der Waals surface area contributed by atoms with Gasteiger partial charge in [-0.15, -0.1) is 0 Å². The van der Waals surface area contributed by atoms with Gasteiger partial charge in [0.15, 0.2) is 5.78 Å². The van der Waals surface area contributed by atoms with Crippen molar-refractivity contribution in [1.29, 1.82) is 0 Å². The molecular formula is C23H33NO3S. The third-order valence-corrected chi connectivity index (χ3v) is 6.74. The number of aryl methyl sites for hydroxylation is 1. The number of unbranched alkanes of at least 4 members (excludes halogenated alkanes) is 8. The minimum absolute atomic E-state index is 0.0146. The van der Waals surface area contributed by atoms with E-state index in [9.17, 15) is 13.2 Å². The second kappa shape index (κ2) is 11.2. The normalized spacial score (nSPS) is 11.6. The lowest BCUT2D eigenvalue weighted by Gasteiger charge is -2.06. The summed E-state index contributed by atoms with van der Waals surface area (Å²) in [7, 11) is -3.65. The Bertz CT molecular complexity index is 835. The highest BCUT2D eigenvalue weighted by atomic mass is 32.2. The third-order valence-electron chi connectivity index (χ3n) is 5.09. The molecule has 1 aromatic carbocycles. The van der Waals surface area contributed by atoms with Gasteiger partial charge in [-0.3, -0.25) is 4.79 Å². The van der Waals surface area contributed by atoms with Crippen molar-refractivity contribution in [1.82, 2.24) is 3.97 Å². The summed E-state index contributed by atoms with van der Waals surface area (Å²) in [5.74, 6) is 0.0146. The molecule has 0 saturated carbocycles. The second-order valence-corrected chi connectivity index (χ2v) is 9.39. The molecule has 2 aromatic rings. The summed E-state index contributed by atoms with van der Waals surface area (Å²) < 4.78 is 26.5. The highest BCUT2D eigenvalue weighted by Gasteiger charge is 2.18. The van der Waals surface area contributed by atoms with E-state index in [1.807, 2.05) is 6.92 Å². The summed E-state index contributed by atoms with van der Waals surface area (Å²) >= 11 is 0. The molecule has 0 unspecified atom stereocenters. The molecule has 0 aliphatic heterocycles. The smallest absolute Gasteiger partial charge is 0.267 e. The molecule has 5 heteroatoms. The van der Waals surface area contributed by atoms with E-state index < -0.39 is 10.0 Å². The monoisotopic (exact) mass is 403 g/mol. The summed E-state index contributed by atoms with van der Waals surface area (Å²) in [6.07, 6.45) is 14.2. The van der Waals surface area contributed by atoms with Crippen LogP contribution < -0.4 is 0 Å². The van der Waals surface area contributed by atoms with Gasteiger partial charge in [0.05, 0.1) is 4.90 Å². The van der Waals surface area contributed by atoms with Gasteiger partial charge in [-0.25, -0.2) is 12.4 Å². The maximum absolute atomic E-state index is 12.7. The molecule has 1 aromatic heterocycles. The van der Waals surface area contributed by atoms with Gasteiger partial charge in [0.2, 0.25) is 0 Å². The zero-order valence-electron chi connectivity index (χ0n) is 17.2. The molecule has 0 amide bonds. The minimum atomic E-state index is -3.65. The highest BCUT2D eigenvalue weighted by Crippen LogP contribution is 2.18. The molecule has 0 N–H and O–H groups in total. The predicted molar refractivity (Wildman–Crippen MR) is 114 cm³/mol. The highest BCUT2D eigenvalue weighted by molar-refractivity contribution is 7.90. The first-order chi connectivity index (χ1) is 13.4. The van der Waals surface area contributed by atoms with Crippen LogP contribution >= 0.6 is 0 Å². The van der Waals surface area contributed by atoms with Crippen LogP contribution in [-0.4, -0.2) is 18.2 Å². The zero-order chi connectivity index (χ0) is 20.4. The van der Waals surface area contributed by atoms with E-state index in [0.29, 0.717) is 12.0 Å². The van der Waals surface area contributed by atoms with Crippen molar-refractivity contribution in [3.8, 4) is 0 Å². The number of nitrogens with zero attached hydrogens (tertiary/aromatic N) is 1. The van der Waals surface area contributed by atoms with Crippen molar-refractivity contribution in [2.24, 2.45) is 0 Å². The fourth-order valence-electron chi connectivity index (χ4n) is 3.26. The van der Waals surface area contributed by atoms with Crippen LogP contribution in [0.3, 0.4) is 0 Å². The van der Waals surface area contributed by atoms with Crippen LogP contribution in [0.25, 0.3) is 0 Å². The molecule has 0 fully saturated rings. The average Bonchev–Trinajstić information content (AvgIpc) is 3.18. The molecule has 0 aliphatic carbocycles. The molecule has 1 heterocycles. The molecule has 0 bridgehead atoms. The molecule has 4 nitrogen and oxygen atoms in total. The van der Waals surface area contributed by atoms with Gasteiger partial charge >= 0.3 is 0 Å². The van der Waals surface area contributed by atoms with E-state index in [2.05, 4.69) is 6.92 Å². The summed E-state index contributed by atoms with van der Waals surface area (Å²) in [5, 5.41) is 0. The largest absolute Gasteiger partial charge is 0.294 e. The van der Waals surface area contributed by atoms with Gasteiger partial charge in [-0.2, -0.15) is 0 Å². The molecule has 0 saturated heterocycles. The standard InChI is InChI=1S/C23H33NO3S/c1-3-4-5-6-7-8-9-10-11-12-23(25)21-17-18-24(19-21)28(26,27)22-15-13-20(2)14-16-22/h13-19H,3-12H2,1-2H3. The molecule has 0 spiro atoms. The van der Waals surface area contributed by atoms with Crippen LogP contribution in [-0.2, 0) is 10.0 Å². The average molecular weight is 404 g/mol. The van der Waals surface area contributed by atoms with Crippen LogP contribution in [0.2, 0.25) is 0 Å². The fourth-order valence-corrected chi connectivity index (χ4v) is 4.46. The number of ketones is 1. The number of hydrogen-bond donors (Lipinski definition) is 0. The number of hydrogen-bond acceptors (Lipinski definition) is 3. The Kier molecular flexibility index (Phi) is 8.97. The Morgan fingerprint density at radius 2 is 1.43 bits per heavy atom. The molecule has 154 valence electrons. The van der Waals surface area contributed by atoms with Gasteiger partial charge < -0.3 is 0 Å². The van der Waals surface area contributed by atoms with Gasteiger partial charge in [-0.05, 0) is 31.5 Å².